The van der Waals surface area contributed by atoms with Crippen molar-refractivity contribution in [3.05, 3.63) is 28.2 Å². The summed E-state index contributed by atoms with van der Waals surface area (Å²) >= 11 is 3.35. The molecule has 16 heavy (non-hydrogen) atoms. The summed E-state index contributed by atoms with van der Waals surface area (Å²) in [5, 5.41) is 19.0. The normalized spacial score (nSPS) is 14.6. The van der Waals surface area contributed by atoms with E-state index in [0.29, 0.717) is 12.2 Å². The van der Waals surface area contributed by atoms with E-state index in [4.69, 9.17) is 4.74 Å². The zero-order valence-corrected chi connectivity index (χ0v) is 11.1. The van der Waals surface area contributed by atoms with Crippen molar-refractivity contribution >= 4 is 15.9 Å². The first-order valence-electron chi connectivity index (χ1n) is 5.33. The maximum atomic E-state index is 9.56. The van der Waals surface area contributed by atoms with E-state index in [0.717, 1.165) is 10.0 Å². The zero-order chi connectivity index (χ0) is 12.1. The number of aliphatic hydroxyl groups excluding tert-OH is 2. The smallest absolute Gasteiger partial charge is 0.126 e. The Balaban J connectivity index is 2.80. The molecule has 0 radical (unpaired) electrons. The molecular formula is C12H17BrO3. The highest BCUT2D eigenvalue weighted by molar-refractivity contribution is 9.10. The summed E-state index contributed by atoms with van der Waals surface area (Å²) in [6.45, 7) is 3.82. The van der Waals surface area contributed by atoms with Crippen LogP contribution < -0.4 is 4.74 Å². The highest BCUT2D eigenvalue weighted by atomic mass is 79.9. The maximum Gasteiger partial charge on any atom is 0.126 e. The van der Waals surface area contributed by atoms with E-state index in [1.807, 2.05) is 19.1 Å². The molecule has 2 atom stereocenters. The number of rotatable bonds is 5. The lowest BCUT2D eigenvalue weighted by molar-refractivity contribution is 0.101. The Morgan fingerprint density at radius 1 is 1.38 bits per heavy atom. The van der Waals surface area contributed by atoms with Crippen LogP contribution in [0.2, 0.25) is 0 Å². The van der Waals surface area contributed by atoms with Gasteiger partial charge >= 0.3 is 0 Å². The van der Waals surface area contributed by atoms with Gasteiger partial charge in [-0.05, 0) is 25.5 Å². The molecule has 0 aliphatic carbocycles. The first kappa shape index (κ1) is 13.5. The van der Waals surface area contributed by atoms with Gasteiger partial charge in [-0.1, -0.05) is 28.9 Å². The van der Waals surface area contributed by atoms with Gasteiger partial charge in [0.1, 0.15) is 12.4 Å². The second-order valence-electron chi connectivity index (χ2n) is 3.73. The average Bonchev–Trinajstić information content (AvgIpc) is 2.25. The SMILES string of the molecule is CCC(O)COc1cc(Br)ccc1[C@@H](C)O. The van der Waals surface area contributed by atoms with E-state index in [1.54, 1.807) is 13.0 Å². The monoisotopic (exact) mass is 288 g/mol. The van der Waals surface area contributed by atoms with Gasteiger partial charge in [0.05, 0.1) is 12.2 Å². The predicted octanol–water partition coefficient (Wildman–Crippen LogP) is 2.65. The van der Waals surface area contributed by atoms with Crippen LogP contribution in [0.4, 0.5) is 0 Å². The van der Waals surface area contributed by atoms with Crippen molar-refractivity contribution in [2.24, 2.45) is 0 Å². The molecule has 1 aromatic carbocycles. The summed E-state index contributed by atoms with van der Waals surface area (Å²) < 4.78 is 6.38. The Labute approximate surface area is 104 Å². The van der Waals surface area contributed by atoms with Gasteiger partial charge in [0.2, 0.25) is 0 Å². The highest BCUT2D eigenvalue weighted by Gasteiger charge is 2.11. The van der Waals surface area contributed by atoms with Crippen LogP contribution >= 0.6 is 15.9 Å². The van der Waals surface area contributed by atoms with Crippen molar-refractivity contribution in [1.82, 2.24) is 0 Å². The molecule has 0 aliphatic rings. The van der Waals surface area contributed by atoms with Gasteiger partial charge in [-0.25, -0.2) is 0 Å². The van der Waals surface area contributed by atoms with Gasteiger partial charge in [0, 0.05) is 10.0 Å². The number of hydrogen-bond acceptors (Lipinski definition) is 3. The molecule has 0 aromatic heterocycles. The molecule has 3 nitrogen and oxygen atoms in total. The van der Waals surface area contributed by atoms with Crippen LogP contribution in [-0.4, -0.2) is 22.9 Å². The third-order valence-corrected chi connectivity index (χ3v) is 2.82. The summed E-state index contributed by atoms with van der Waals surface area (Å²) in [4.78, 5) is 0. The van der Waals surface area contributed by atoms with Crippen molar-refractivity contribution in [3.8, 4) is 5.75 Å². The molecule has 0 saturated heterocycles. The molecule has 0 aliphatic heterocycles. The van der Waals surface area contributed by atoms with Crippen LogP contribution in [0.3, 0.4) is 0 Å². The Hall–Kier alpha value is -0.580. The molecule has 4 heteroatoms. The van der Waals surface area contributed by atoms with E-state index in [1.165, 1.54) is 0 Å². The number of ether oxygens (including phenoxy) is 1. The van der Waals surface area contributed by atoms with Gasteiger partial charge in [-0.2, -0.15) is 0 Å². The van der Waals surface area contributed by atoms with Crippen LogP contribution in [0, 0.1) is 0 Å². The third-order valence-electron chi connectivity index (χ3n) is 2.33. The quantitative estimate of drug-likeness (QED) is 0.876. The number of halogens is 1. The number of hydrogen-bond donors (Lipinski definition) is 2. The lowest BCUT2D eigenvalue weighted by atomic mass is 10.1. The summed E-state index contributed by atoms with van der Waals surface area (Å²) in [5.74, 6) is 0.608. The topological polar surface area (TPSA) is 49.7 Å². The summed E-state index contributed by atoms with van der Waals surface area (Å²) in [6, 6.07) is 5.46. The summed E-state index contributed by atoms with van der Waals surface area (Å²) in [6.07, 6.45) is -0.402. The molecule has 0 saturated carbocycles. The molecule has 1 rings (SSSR count). The van der Waals surface area contributed by atoms with Crippen molar-refractivity contribution in [3.63, 3.8) is 0 Å². The minimum absolute atomic E-state index is 0.243. The summed E-state index contributed by atoms with van der Waals surface area (Å²) in [5.41, 5.74) is 0.728. The second kappa shape index (κ2) is 6.23. The van der Waals surface area contributed by atoms with E-state index in [-0.39, 0.29) is 6.61 Å². The fraction of sp³-hybridized carbons (Fsp3) is 0.500. The zero-order valence-electron chi connectivity index (χ0n) is 9.48. The molecule has 0 amide bonds. The molecule has 1 unspecified atom stereocenters. The maximum absolute atomic E-state index is 9.56. The van der Waals surface area contributed by atoms with Gasteiger partial charge in [-0.3, -0.25) is 0 Å². The van der Waals surface area contributed by atoms with Gasteiger partial charge in [0.15, 0.2) is 0 Å². The average molecular weight is 289 g/mol. The first-order chi connectivity index (χ1) is 7.54. The largest absolute Gasteiger partial charge is 0.490 e. The number of aliphatic hydroxyl groups is 2. The van der Waals surface area contributed by atoms with Crippen LogP contribution in [-0.2, 0) is 0 Å². The summed E-state index contributed by atoms with van der Waals surface area (Å²) in [7, 11) is 0. The minimum Gasteiger partial charge on any atom is -0.490 e. The Morgan fingerprint density at radius 2 is 2.06 bits per heavy atom. The highest BCUT2D eigenvalue weighted by Crippen LogP contribution is 2.28. The van der Waals surface area contributed by atoms with E-state index < -0.39 is 12.2 Å². The lowest BCUT2D eigenvalue weighted by Crippen LogP contribution is -2.16. The van der Waals surface area contributed by atoms with Crippen LogP contribution in [0.1, 0.15) is 31.9 Å². The molecule has 0 fully saturated rings. The van der Waals surface area contributed by atoms with Crippen LogP contribution in [0.25, 0.3) is 0 Å². The van der Waals surface area contributed by atoms with Crippen molar-refractivity contribution in [2.45, 2.75) is 32.5 Å². The Kier molecular flexibility index (Phi) is 5.25. The first-order valence-corrected chi connectivity index (χ1v) is 6.12. The molecule has 1 aromatic rings. The van der Waals surface area contributed by atoms with Crippen LogP contribution in [0.15, 0.2) is 22.7 Å². The van der Waals surface area contributed by atoms with E-state index in [9.17, 15) is 10.2 Å². The van der Waals surface area contributed by atoms with Crippen molar-refractivity contribution in [2.75, 3.05) is 6.61 Å². The molecule has 0 heterocycles. The standard InChI is InChI=1S/C12H17BrO3/c1-3-10(15)7-16-12-6-9(13)4-5-11(12)8(2)14/h4-6,8,10,14-15H,3,7H2,1-2H3/t8-,10?/m1/s1. The minimum atomic E-state index is -0.582. The molecular weight excluding hydrogens is 272 g/mol. The van der Waals surface area contributed by atoms with Gasteiger partial charge in [0.25, 0.3) is 0 Å². The molecule has 0 spiro atoms. The third kappa shape index (κ3) is 3.77. The van der Waals surface area contributed by atoms with Crippen molar-refractivity contribution < 1.29 is 14.9 Å². The van der Waals surface area contributed by atoms with Gasteiger partial charge < -0.3 is 14.9 Å². The Morgan fingerprint density at radius 3 is 2.62 bits per heavy atom. The number of benzene rings is 1. The predicted molar refractivity (Wildman–Crippen MR) is 66.6 cm³/mol. The van der Waals surface area contributed by atoms with Crippen LogP contribution in [0.5, 0.6) is 5.75 Å². The molecule has 90 valence electrons. The molecule has 2 N–H and O–H groups in total. The van der Waals surface area contributed by atoms with E-state index in [2.05, 4.69) is 15.9 Å². The second-order valence-corrected chi connectivity index (χ2v) is 4.65. The Bertz CT molecular complexity index is 339. The lowest BCUT2D eigenvalue weighted by Gasteiger charge is -2.15. The molecule has 0 bridgehead atoms. The van der Waals surface area contributed by atoms with Crippen molar-refractivity contribution in [1.29, 1.82) is 0 Å². The van der Waals surface area contributed by atoms with Gasteiger partial charge in [-0.15, -0.1) is 0 Å². The fourth-order valence-corrected chi connectivity index (χ4v) is 1.62. The van der Waals surface area contributed by atoms with E-state index >= 15 is 0 Å². The fourth-order valence-electron chi connectivity index (χ4n) is 1.28.